The van der Waals surface area contributed by atoms with E-state index in [4.69, 9.17) is 4.74 Å². The van der Waals surface area contributed by atoms with Gasteiger partial charge < -0.3 is 10.1 Å². The summed E-state index contributed by atoms with van der Waals surface area (Å²) in [5, 5.41) is 11.5. The average Bonchev–Trinajstić information content (AvgIpc) is 2.29. The second kappa shape index (κ2) is 4.79. The van der Waals surface area contributed by atoms with Crippen molar-refractivity contribution in [1.29, 1.82) is 0 Å². The lowest BCUT2D eigenvalue weighted by molar-refractivity contribution is -0.132. The molecule has 0 aliphatic heterocycles. The van der Waals surface area contributed by atoms with E-state index < -0.39 is 5.97 Å². The van der Waals surface area contributed by atoms with Gasteiger partial charge in [-0.15, -0.1) is 5.10 Å². The van der Waals surface area contributed by atoms with Crippen molar-refractivity contribution in [1.82, 2.24) is 10.2 Å². The van der Waals surface area contributed by atoms with Crippen LogP contribution in [0.15, 0.2) is 24.4 Å². The average molecular weight is 245 g/mol. The Morgan fingerprint density at radius 1 is 1.22 bits per heavy atom. The molecule has 1 aromatic heterocycles. The summed E-state index contributed by atoms with van der Waals surface area (Å²) in [5.41, 5.74) is 0.600. The monoisotopic (exact) mass is 245 g/mol. The van der Waals surface area contributed by atoms with E-state index in [1.165, 1.54) is 20.0 Å². The molecule has 1 heterocycles. The summed E-state index contributed by atoms with van der Waals surface area (Å²) < 4.78 is 4.96. The normalized spacial score (nSPS) is 10.1. The van der Waals surface area contributed by atoms with E-state index in [9.17, 15) is 9.59 Å². The molecule has 0 saturated carbocycles. The molecule has 0 spiro atoms. The summed E-state index contributed by atoms with van der Waals surface area (Å²) in [6.07, 6.45) is 1.51. The van der Waals surface area contributed by atoms with Crippen molar-refractivity contribution in [3.8, 4) is 5.88 Å². The Labute approximate surface area is 103 Å². The van der Waals surface area contributed by atoms with Gasteiger partial charge in [0, 0.05) is 24.6 Å². The molecule has 0 radical (unpaired) electrons. The summed E-state index contributed by atoms with van der Waals surface area (Å²) in [7, 11) is 0. The maximum atomic E-state index is 11.1. The number of ether oxygens (including phenoxy) is 1. The Bertz CT molecular complexity index is 570. The van der Waals surface area contributed by atoms with E-state index >= 15 is 0 Å². The Morgan fingerprint density at radius 3 is 2.67 bits per heavy atom. The number of anilines is 1. The predicted molar refractivity (Wildman–Crippen MR) is 65.2 cm³/mol. The van der Waals surface area contributed by atoms with Crippen LogP contribution in [0.5, 0.6) is 5.88 Å². The number of benzene rings is 1. The lowest BCUT2D eigenvalue weighted by atomic mass is 10.1. The Balaban J connectivity index is 2.57. The van der Waals surface area contributed by atoms with Crippen LogP contribution in [0.25, 0.3) is 10.8 Å². The molecule has 1 amide bonds. The molecule has 0 unspecified atom stereocenters. The fraction of sp³-hybridized carbons (Fsp3) is 0.167. The minimum absolute atomic E-state index is 0.132. The van der Waals surface area contributed by atoms with Crippen LogP contribution in [-0.2, 0) is 9.59 Å². The van der Waals surface area contributed by atoms with Crippen molar-refractivity contribution in [2.75, 3.05) is 5.32 Å². The number of rotatable bonds is 2. The van der Waals surface area contributed by atoms with Gasteiger partial charge >= 0.3 is 5.97 Å². The van der Waals surface area contributed by atoms with Crippen molar-refractivity contribution < 1.29 is 14.3 Å². The second-order valence-corrected chi connectivity index (χ2v) is 3.69. The molecule has 1 N–H and O–H groups in total. The number of carbonyl (C=O) groups excluding carboxylic acids is 2. The molecule has 0 aliphatic rings. The van der Waals surface area contributed by atoms with E-state index in [0.29, 0.717) is 16.5 Å². The number of amides is 1. The van der Waals surface area contributed by atoms with Gasteiger partial charge in [0.15, 0.2) is 0 Å². The van der Waals surface area contributed by atoms with Crippen LogP contribution in [0.2, 0.25) is 0 Å². The van der Waals surface area contributed by atoms with E-state index in [0.717, 1.165) is 0 Å². The summed E-state index contributed by atoms with van der Waals surface area (Å²) in [6.45, 7) is 2.71. The van der Waals surface area contributed by atoms with Crippen molar-refractivity contribution in [3.05, 3.63) is 24.4 Å². The van der Waals surface area contributed by atoms with Crippen LogP contribution in [-0.4, -0.2) is 22.1 Å². The third-order valence-corrected chi connectivity index (χ3v) is 2.22. The summed E-state index contributed by atoms with van der Waals surface area (Å²) in [6, 6.07) is 5.22. The molecule has 0 fully saturated rings. The number of nitrogens with zero attached hydrogens (tertiary/aromatic N) is 2. The Kier molecular flexibility index (Phi) is 3.18. The lowest BCUT2D eigenvalue weighted by Crippen LogP contribution is -2.08. The highest BCUT2D eigenvalue weighted by molar-refractivity contribution is 6.02. The molecule has 6 heteroatoms. The minimum atomic E-state index is -0.471. The zero-order valence-corrected chi connectivity index (χ0v) is 9.93. The number of carbonyl (C=O) groups is 2. The maximum Gasteiger partial charge on any atom is 0.309 e. The van der Waals surface area contributed by atoms with Crippen LogP contribution in [0, 0.1) is 0 Å². The molecule has 0 atom stereocenters. The smallest absolute Gasteiger partial charge is 0.309 e. The first-order valence-electron chi connectivity index (χ1n) is 5.28. The fourth-order valence-corrected chi connectivity index (χ4v) is 1.59. The predicted octanol–water partition coefficient (Wildman–Crippen LogP) is 1.51. The van der Waals surface area contributed by atoms with Crippen LogP contribution < -0.4 is 10.1 Å². The van der Waals surface area contributed by atoms with Gasteiger partial charge in [-0.05, 0) is 12.1 Å². The van der Waals surface area contributed by atoms with Gasteiger partial charge in [-0.3, -0.25) is 9.59 Å². The summed E-state index contributed by atoms with van der Waals surface area (Å²) in [4.78, 5) is 22.0. The molecule has 1 aromatic carbocycles. The number of hydrogen-bond donors (Lipinski definition) is 1. The van der Waals surface area contributed by atoms with Gasteiger partial charge in [-0.1, -0.05) is 6.07 Å². The van der Waals surface area contributed by atoms with E-state index in [1.807, 2.05) is 0 Å². The standard InChI is InChI=1S/C12H11N3O3/c1-7(16)14-11-5-3-4-9-10(11)6-13-15-12(9)18-8(2)17/h3-6H,1-2H3,(H,14,16). The topological polar surface area (TPSA) is 81.2 Å². The molecule has 2 rings (SSSR count). The number of aromatic nitrogens is 2. The first-order chi connectivity index (χ1) is 8.58. The molecule has 6 nitrogen and oxygen atoms in total. The van der Waals surface area contributed by atoms with Gasteiger partial charge in [-0.2, -0.15) is 5.10 Å². The van der Waals surface area contributed by atoms with Crippen molar-refractivity contribution in [2.45, 2.75) is 13.8 Å². The SMILES string of the molecule is CC(=O)Nc1cccc2c(OC(C)=O)nncc12. The molecule has 92 valence electrons. The second-order valence-electron chi connectivity index (χ2n) is 3.69. The molecular weight excluding hydrogens is 234 g/mol. The van der Waals surface area contributed by atoms with Crippen molar-refractivity contribution in [2.24, 2.45) is 0 Å². The summed E-state index contributed by atoms with van der Waals surface area (Å²) in [5.74, 6) is -0.526. The highest BCUT2D eigenvalue weighted by Crippen LogP contribution is 2.28. The van der Waals surface area contributed by atoms with Crippen molar-refractivity contribution in [3.63, 3.8) is 0 Å². The Morgan fingerprint density at radius 2 is 2.00 bits per heavy atom. The van der Waals surface area contributed by atoms with Gasteiger partial charge in [0.2, 0.25) is 11.8 Å². The number of esters is 1. The molecule has 0 saturated heterocycles. The number of hydrogen-bond acceptors (Lipinski definition) is 5. The highest BCUT2D eigenvalue weighted by atomic mass is 16.5. The maximum absolute atomic E-state index is 11.1. The summed E-state index contributed by atoms with van der Waals surface area (Å²) >= 11 is 0. The van der Waals surface area contributed by atoms with Crippen LogP contribution in [0.4, 0.5) is 5.69 Å². The van der Waals surface area contributed by atoms with Gasteiger partial charge in [0.1, 0.15) is 0 Å². The zero-order valence-electron chi connectivity index (χ0n) is 9.93. The fourth-order valence-electron chi connectivity index (χ4n) is 1.59. The molecular formula is C12H11N3O3. The molecule has 18 heavy (non-hydrogen) atoms. The third-order valence-electron chi connectivity index (χ3n) is 2.22. The van der Waals surface area contributed by atoms with Crippen molar-refractivity contribution >= 4 is 28.3 Å². The van der Waals surface area contributed by atoms with E-state index in [1.54, 1.807) is 18.2 Å². The Hall–Kier alpha value is -2.50. The molecule has 0 bridgehead atoms. The largest absolute Gasteiger partial charge is 0.405 e. The third kappa shape index (κ3) is 2.42. The van der Waals surface area contributed by atoms with Gasteiger partial charge in [-0.25, -0.2) is 0 Å². The van der Waals surface area contributed by atoms with Gasteiger partial charge in [0.05, 0.1) is 11.9 Å². The highest BCUT2D eigenvalue weighted by Gasteiger charge is 2.10. The van der Waals surface area contributed by atoms with E-state index in [-0.39, 0.29) is 11.8 Å². The first kappa shape index (κ1) is 12.0. The molecule has 2 aromatic rings. The van der Waals surface area contributed by atoms with Gasteiger partial charge in [0.25, 0.3) is 0 Å². The van der Waals surface area contributed by atoms with Crippen LogP contribution in [0.1, 0.15) is 13.8 Å². The first-order valence-corrected chi connectivity index (χ1v) is 5.28. The van der Waals surface area contributed by atoms with E-state index in [2.05, 4.69) is 15.5 Å². The quantitative estimate of drug-likeness (QED) is 0.811. The number of nitrogens with one attached hydrogen (secondary N) is 1. The zero-order chi connectivity index (χ0) is 13.1. The molecule has 0 aliphatic carbocycles. The van der Waals surface area contributed by atoms with Crippen LogP contribution >= 0.6 is 0 Å². The van der Waals surface area contributed by atoms with Crippen LogP contribution in [0.3, 0.4) is 0 Å². The minimum Gasteiger partial charge on any atom is -0.405 e. The lowest BCUT2D eigenvalue weighted by Gasteiger charge is -2.08. The number of fused-ring (bicyclic) bond motifs is 1.